The first-order valence-corrected chi connectivity index (χ1v) is 5.17. The minimum Gasteiger partial charge on any atom is -0.207 e. The van der Waals surface area contributed by atoms with Gasteiger partial charge >= 0.3 is 0 Å². The fourth-order valence-corrected chi connectivity index (χ4v) is 1.46. The molecule has 1 aromatic carbocycles. The molecule has 0 radical (unpaired) electrons. The van der Waals surface area contributed by atoms with Gasteiger partial charge in [-0.25, -0.2) is 4.39 Å². The maximum atomic E-state index is 13.1. The lowest BCUT2D eigenvalue weighted by atomic mass is 10.0. The van der Waals surface area contributed by atoms with Crippen molar-refractivity contribution in [3.8, 4) is 0 Å². The van der Waals surface area contributed by atoms with Gasteiger partial charge in [0.2, 0.25) is 0 Å². The number of hydrogen-bond acceptors (Lipinski definition) is 0. The number of aryl methyl sites for hydroxylation is 1. The summed E-state index contributed by atoms with van der Waals surface area (Å²) in [5.74, 6) is 0.421. The highest BCUT2D eigenvalue weighted by atomic mass is 35.5. The lowest BCUT2D eigenvalue weighted by Gasteiger charge is -2.03. The quantitative estimate of drug-likeness (QED) is 0.660. The summed E-state index contributed by atoms with van der Waals surface area (Å²) in [6, 6.07) is 5.05. The predicted molar refractivity (Wildman–Crippen MR) is 60.1 cm³/mol. The SMILES string of the molecule is C/C(=C/CCCl)c1cc(C)cc(F)c1. The summed E-state index contributed by atoms with van der Waals surface area (Å²) < 4.78 is 13.1. The van der Waals surface area contributed by atoms with E-state index in [1.54, 1.807) is 6.07 Å². The Labute approximate surface area is 89.4 Å². The number of alkyl halides is 1. The van der Waals surface area contributed by atoms with Crippen molar-refractivity contribution in [3.05, 3.63) is 41.2 Å². The van der Waals surface area contributed by atoms with Gasteiger partial charge in [0.1, 0.15) is 5.82 Å². The van der Waals surface area contributed by atoms with Crippen LogP contribution in [0.4, 0.5) is 4.39 Å². The first kappa shape index (κ1) is 11.3. The van der Waals surface area contributed by atoms with E-state index in [-0.39, 0.29) is 5.82 Å². The zero-order valence-electron chi connectivity index (χ0n) is 8.48. The molecule has 0 N–H and O–H groups in total. The third-order valence-corrected chi connectivity index (χ3v) is 2.28. The zero-order valence-corrected chi connectivity index (χ0v) is 9.24. The largest absolute Gasteiger partial charge is 0.207 e. The molecule has 0 aliphatic carbocycles. The maximum Gasteiger partial charge on any atom is 0.124 e. The molecule has 0 saturated carbocycles. The van der Waals surface area contributed by atoms with E-state index in [9.17, 15) is 4.39 Å². The number of allylic oxidation sites excluding steroid dienone is 2. The van der Waals surface area contributed by atoms with E-state index in [4.69, 9.17) is 11.6 Å². The topological polar surface area (TPSA) is 0 Å². The molecule has 0 unspecified atom stereocenters. The van der Waals surface area contributed by atoms with Crippen molar-refractivity contribution in [2.24, 2.45) is 0 Å². The van der Waals surface area contributed by atoms with Crippen molar-refractivity contribution in [3.63, 3.8) is 0 Å². The Hall–Kier alpha value is -0.820. The van der Waals surface area contributed by atoms with Crippen molar-refractivity contribution in [2.75, 3.05) is 5.88 Å². The van der Waals surface area contributed by atoms with Gasteiger partial charge < -0.3 is 0 Å². The molecule has 14 heavy (non-hydrogen) atoms. The van der Waals surface area contributed by atoms with Gasteiger partial charge in [-0.15, -0.1) is 11.6 Å². The van der Waals surface area contributed by atoms with E-state index in [1.165, 1.54) is 6.07 Å². The molecule has 0 nitrogen and oxygen atoms in total. The van der Waals surface area contributed by atoms with Crippen LogP contribution in [-0.4, -0.2) is 5.88 Å². The number of halogens is 2. The first-order valence-electron chi connectivity index (χ1n) is 4.64. The molecular weight excluding hydrogens is 199 g/mol. The van der Waals surface area contributed by atoms with Gasteiger partial charge in [-0.05, 0) is 49.1 Å². The van der Waals surface area contributed by atoms with Gasteiger partial charge in [0, 0.05) is 5.88 Å². The summed E-state index contributed by atoms with van der Waals surface area (Å²) in [7, 11) is 0. The molecule has 0 spiro atoms. The monoisotopic (exact) mass is 212 g/mol. The minimum absolute atomic E-state index is 0.182. The Morgan fingerprint density at radius 3 is 2.71 bits per heavy atom. The van der Waals surface area contributed by atoms with Crippen LogP contribution in [0.2, 0.25) is 0 Å². The third kappa shape index (κ3) is 3.15. The zero-order chi connectivity index (χ0) is 10.6. The van der Waals surface area contributed by atoms with Crippen molar-refractivity contribution >= 4 is 17.2 Å². The van der Waals surface area contributed by atoms with Gasteiger partial charge in [-0.2, -0.15) is 0 Å². The lowest BCUT2D eigenvalue weighted by molar-refractivity contribution is 0.626. The highest BCUT2D eigenvalue weighted by Crippen LogP contribution is 2.17. The summed E-state index contributed by atoms with van der Waals surface area (Å²) >= 11 is 5.58. The maximum absolute atomic E-state index is 13.1. The Balaban J connectivity index is 2.95. The minimum atomic E-state index is -0.182. The number of hydrogen-bond donors (Lipinski definition) is 0. The average Bonchev–Trinajstić information content (AvgIpc) is 2.12. The van der Waals surface area contributed by atoms with Crippen LogP contribution in [0.5, 0.6) is 0 Å². The average molecular weight is 213 g/mol. The molecule has 0 aliphatic rings. The molecule has 0 fully saturated rings. The molecule has 0 aliphatic heterocycles. The van der Waals surface area contributed by atoms with Crippen LogP contribution in [0.25, 0.3) is 5.57 Å². The molecule has 0 amide bonds. The van der Waals surface area contributed by atoms with Crippen molar-refractivity contribution in [1.82, 2.24) is 0 Å². The van der Waals surface area contributed by atoms with E-state index < -0.39 is 0 Å². The normalized spacial score (nSPS) is 11.9. The van der Waals surface area contributed by atoms with Crippen LogP contribution in [0.1, 0.15) is 24.5 Å². The molecule has 1 aromatic rings. The smallest absolute Gasteiger partial charge is 0.124 e. The van der Waals surface area contributed by atoms with Crippen molar-refractivity contribution < 1.29 is 4.39 Å². The van der Waals surface area contributed by atoms with Crippen LogP contribution in [0, 0.1) is 12.7 Å². The highest BCUT2D eigenvalue weighted by molar-refractivity contribution is 6.17. The Bertz CT molecular complexity index is 322. The third-order valence-electron chi connectivity index (χ3n) is 2.06. The van der Waals surface area contributed by atoms with Crippen LogP contribution in [0.15, 0.2) is 24.3 Å². The van der Waals surface area contributed by atoms with Crippen LogP contribution in [0.3, 0.4) is 0 Å². The van der Waals surface area contributed by atoms with Crippen molar-refractivity contribution in [1.29, 1.82) is 0 Å². The molecule has 1 rings (SSSR count). The second-order valence-electron chi connectivity index (χ2n) is 3.38. The van der Waals surface area contributed by atoms with E-state index in [0.29, 0.717) is 5.88 Å². The van der Waals surface area contributed by atoms with Gasteiger partial charge in [0.15, 0.2) is 0 Å². The summed E-state index contributed by atoms with van der Waals surface area (Å²) in [5.41, 5.74) is 2.96. The molecule has 0 heterocycles. The van der Waals surface area contributed by atoms with Gasteiger partial charge in [0.25, 0.3) is 0 Å². The van der Waals surface area contributed by atoms with E-state index >= 15 is 0 Å². The van der Waals surface area contributed by atoms with E-state index in [1.807, 2.05) is 26.0 Å². The highest BCUT2D eigenvalue weighted by Gasteiger charge is 1.99. The van der Waals surface area contributed by atoms with Gasteiger partial charge in [-0.3, -0.25) is 0 Å². The van der Waals surface area contributed by atoms with E-state index in [0.717, 1.165) is 23.1 Å². The Kier molecular flexibility index (Phi) is 4.15. The molecule has 0 bridgehead atoms. The lowest BCUT2D eigenvalue weighted by Crippen LogP contribution is -1.85. The second kappa shape index (κ2) is 5.16. The van der Waals surface area contributed by atoms with Crippen LogP contribution in [-0.2, 0) is 0 Å². The van der Waals surface area contributed by atoms with Crippen LogP contribution >= 0.6 is 11.6 Å². The van der Waals surface area contributed by atoms with Crippen LogP contribution < -0.4 is 0 Å². The summed E-state index contributed by atoms with van der Waals surface area (Å²) in [6.07, 6.45) is 2.85. The fraction of sp³-hybridized carbons (Fsp3) is 0.333. The molecule has 2 heteroatoms. The molecule has 0 aromatic heterocycles. The summed E-state index contributed by atoms with van der Waals surface area (Å²) in [4.78, 5) is 0. The summed E-state index contributed by atoms with van der Waals surface area (Å²) in [6.45, 7) is 3.86. The van der Waals surface area contributed by atoms with E-state index in [2.05, 4.69) is 0 Å². The Morgan fingerprint density at radius 2 is 2.14 bits per heavy atom. The van der Waals surface area contributed by atoms with Crippen molar-refractivity contribution in [2.45, 2.75) is 20.3 Å². The molecule has 0 atom stereocenters. The second-order valence-corrected chi connectivity index (χ2v) is 3.76. The van der Waals surface area contributed by atoms with Gasteiger partial charge in [-0.1, -0.05) is 12.1 Å². The first-order chi connectivity index (χ1) is 6.63. The fourth-order valence-electron chi connectivity index (χ4n) is 1.35. The molecule has 0 saturated heterocycles. The summed E-state index contributed by atoms with van der Waals surface area (Å²) in [5, 5.41) is 0. The molecule has 76 valence electrons. The number of rotatable bonds is 3. The standard InChI is InChI=1S/C12H14ClF/c1-9-6-11(8-12(14)7-9)10(2)4-3-5-13/h4,6-8H,3,5H2,1-2H3/b10-4-. The van der Waals surface area contributed by atoms with Gasteiger partial charge in [0.05, 0.1) is 0 Å². The molecular formula is C12H14ClF. The predicted octanol–water partition coefficient (Wildman–Crippen LogP) is 4.17. The Morgan fingerprint density at radius 1 is 1.43 bits per heavy atom. The number of benzene rings is 1.